The summed E-state index contributed by atoms with van der Waals surface area (Å²) in [6.45, 7) is 3.85. The first kappa shape index (κ1) is 16.6. The lowest BCUT2D eigenvalue weighted by atomic mass is 10.1. The van der Waals surface area contributed by atoms with Crippen LogP contribution in [-0.2, 0) is 11.9 Å². The Hall–Kier alpha value is -3.22. The van der Waals surface area contributed by atoms with Gasteiger partial charge in [-0.25, -0.2) is 14.8 Å². The second-order valence-corrected chi connectivity index (χ2v) is 5.73. The maximum absolute atomic E-state index is 11.8. The molecule has 3 aromatic rings. The number of aryl methyl sites for hydroxylation is 2. The van der Waals surface area contributed by atoms with Gasteiger partial charge in [-0.15, -0.1) is 0 Å². The van der Waals surface area contributed by atoms with E-state index in [1.54, 1.807) is 24.5 Å². The summed E-state index contributed by atoms with van der Waals surface area (Å²) in [4.78, 5) is 26.1. The van der Waals surface area contributed by atoms with Gasteiger partial charge in [0.15, 0.2) is 7.11 Å². The fraction of sp³-hybridized carbons (Fsp3) is 0.222. The fourth-order valence-corrected chi connectivity index (χ4v) is 2.66. The van der Waals surface area contributed by atoms with Crippen molar-refractivity contribution in [3.8, 4) is 0 Å². The molecule has 0 amide bonds. The minimum Gasteiger partial charge on any atom is -0.338 e. The molecule has 1 N–H and O–H groups in total. The zero-order valence-electron chi connectivity index (χ0n) is 14.6. The van der Waals surface area contributed by atoms with Crippen LogP contribution in [0.2, 0.25) is 0 Å². The van der Waals surface area contributed by atoms with E-state index in [0.29, 0.717) is 22.1 Å². The lowest BCUT2D eigenvalue weighted by Crippen LogP contribution is -2.10. The van der Waals surface area contributed by atoms with Gasteiger partial charge in [0.1, 0.15) is 17.0 Å². The van der Waals surface area contributed by atoms with E-state index in [9.17, 15) is 4.91 Å². The highest BCUT2D eigenvalue weighted by atomic mass is 16.8. The van der Waals surface area contributed by atoms with Crippen molar-refractivity contribution in [1.82, 2.24) is 9.55 Å². The Kier molecular flexibility index (Phi) is 4.47. The first-order valence-electron chi connectivity index (χ1n) is 7.84. The predicted octanol–water partition coefficient (Wildman–Crippen LogP) is 4.02. The molecular weight excluding hydrogens is 318 g/mol. The summed E-state index contributed by atoms with van der Waals surface area (Å²) in [5, 5.41) is 3.17. The predicted molar refractivity (Wildman–Crippen MR) is 98.6 cm³/mol. The number of fused-ring (bicyclic) bond motifs is 1. The number of rotatable bonds is 4. The van der Waals surface area contributed by atoms with E-state index in [-0.39, 0.29) is 0 Å². The highest BCUT2D eigenvalue weighted by Crippen LogP contribution is 2.29. The molecule has 0 aliphatic carbocycles. The summed E-state index contributed by atoms with van der Waals surface area (Å²) in [6, 6.07) is 11.1. The average Bonchev–Trinajstić information content (AvgIpc) is 2.98. The number of aliphatic imine (C=N–C) groups is 1. The number of amidine groups is 1. The number of nitrogens with one attached hydrogen (secondary N) is 1. The molecule has 25 heavy (non-hydrogen) atoms. The zero-order chi connectivity index (χ0) is 18.0. The number of hydrogen-bond acceptors (Lipinski definition) is 4. The lowest BCUT2D eigenvalue weighted by Gasteiger charge is -2.08. The number of para-hydroxylation sites is 2. The van der Waals surface area contributed by atoms with Crippen LogP contribution in [0, 0.1) is 11.8 Å². The Bertz CT molecular complexity index is 975. The van der Waals surface area contributed by atoms with E-state index in [0.717, 1.165) is 22.3 Å². The molecule has 0 saturated carbocycles. The highest BCUT2D eigenvalue weighted by Gasteiger charge is 2.20. The van der Waals surface area contributed by atoms with Crippen LogP contribution < -0.4 is 5.32 Å². The Morgan fingerprint density at radius 3 is 2.80 bits per heavy atom. The van der Waals surface area contributed by atoms with Gasteiger partial charge in [0.05, 0.1) is 22.4 Å². The van der Waals surface area contributed by atoms with Crippen LogP contribution >= 0.6 is 0 Å². The maximum Gasteiger partial charge on any atom is 0.339 e. The van der Waals surface area contributed by atoms with Crippen LogP contribution in [0.4, 0.5) is 17.1 Å². The second-order valence-electron chi connectivity index (χ2n) is 5.73. The van der Waals surface area contributed by atoms with Crippen LogP contribution in [0.1, 0.15) is 12.5 Å². The molecule has 128 valence electrons. The second kappa shape index (κ2) is 6.72. The van der Waals surface area contributed by atoms with Gasteiger partial charge >= 0.3 is 5.69 Å². The molecule has 2 aromatic carbocycles. The average molecular weight is 338 g/mol. The van der Waals surface area contributed by atoms with Crippen LogP contribution in [0.15, 0.2) is 47.7 Å². The summed E-state index contributed by atoms with van der Waals surface area (Å²) in [5.74, 6) is 0.651. The molecule has 0 aliphatic heterocycles. The summed E-state index contributed by atoms with van der Waals surface area (Å²) in [6.07, 6.45) is 1.77. The standard InChI is InChI=1S/C18H20N5O2/c1-12-9-10-16-18(19-11-22(16)3)17(12)21-13(2)20-14-7-5-6-8-15(14)23(24)25-4/h5-11H,1-4H3,(H,20,21)/q+1. The molecule has 0 atom stereocenters. The minimum absolute atomic E-state index is 0.382. The van der Waals surface area contributed by atoms with E-state index < -0.39 is 0 Å². The minimum atomic E-state index is 0.382. The van der Waals surface area contributed by atoms with Gasteiger partial charge in [0.25, 0.3) is 4.92 Å². The molecule has 0 aliphatic rings. The van der Waals surface area contributed by atoms with Crippen molar-refractivity contribution in [3.63, 3.8) is 0 Å². The van der Waals surface area contributed by atoms with E-state index in [4.69, 9.17) is 4.84 Å². The largest absolute Gasteiger partial charge is 0.339 e. The van der Waals surface area contributed by atoms with Crippen LogP contribution in [0.3, 0.4) is 0 Å². The van der Waals surface area contributed by atoms with Gasteiger partial charge in [0.2, 0.25) is 0 Å². The fourth-order valence-electron chi connectivity index (χ4n) is 2.66. The molecule has 3 rings (SSSR count). The number of benzene rings is 2. The molecule has 0 radical (unpaired) electrons. The molecule has 7 nitrogen and oxygen atoms in total. The third-order valence-electron chi connectivity index (χ3n) is 3.93. The maximum atomic E-state index is 11.8. The number of nitrogens with zero attached hydrogens (tertiary/aromatic N) is 4. The SMILES string of the molecule is CO[N+](=O)c1ccccc1NC(C)=Nc1c(C)ccc2c1ncn2C. The Morgan fingerprint density at radius 2 is 2.04 bits per heavy atom. The smallest absolute Gasteiger partial charge is 0.338 e. The Labute approximate surface area is 145 Å². The monoisotopic (exact) mass is 338 g/mol. The summed E-state index contributed by atoms with van der Waals surface area (Å²) in [7, 11) is 3.28. The summed E-state index contributed by atoms with van der Waals surface area (Å²) in [5.41, 5.74) is 4.70. The van der Waals surface area contributed by atoms with Gasteiger partial charge < -0.3 is 9.88 Å². The molecule has 0 spiro atoms. The van der Waals surface area contributed by atoms with Crippen LogP contribution in [0.5, 0.6) is 0 Å². The molecule has 0 bridgehead atoms. The van der Waals surface area contributed by atoms with Gasteiger partial charge in [-0.1, -0.05) is 18.2 Å². The van der Waals surface area contributed by atoms with Crippen molar-refractivity contribution in [2.24, 2.45) is 12.0 Å². The van der Waals surface area contributed by atoms with Crippen LogP contribution in [0.25, 0.3) is 11.0 Å². The summed E-state index contributed by atoms with van der Waals surface area (Å²) >= 11 is 0. The van der Waals surface area contributed by atoms with Crippen molar-refractivity contribution in [2.75, 3.05) is 12.4 Å². The highest BCUT2D eigenvalue weighted by molar-refractivity contribution is 6.00. The first-order valence-corrected chi connectivity index (χ1v) is 7.84. The van der Waals surface area contributed by atoms with E-state index >= 15 is 0 Å². The third kappa shape index (κ3) is 3.21. The van der Waals surface area contributed by atoms with E-state index in [2.05, 4.69) is 15.3 Å². The van der Waals surface area contributed by atoms with E-state index in [1.165, 1.54) is 7.11 Å². The zero-order valence-corrected chi connectivity index (χ0v) is 14.6. The van der Waals surface area contributed by atoms with Gasteiger partial charge in [-0.05, 0) is 31.5 Å². The molecule has 7 heteroatoms. The van der Waals surface area contributed by atoms with Crippen molar-refractivity contribution in [3.05, 3.63) is 53.2 Å². The lowest BCUT2D eigenvalue weighted by molar-refractivity contribution is -0.736. The molecule has 0 saturated heterocycles. The van der Waals surface area contributed by atoms with Crippen molar-refractivity contribution in [2.45, 2.75) is 13.8 Å². The number of aromatic nitrogens is 2. The molecule has 0 fully saturated rings. The van der Waals surface area contributed by atoms with Crippen molar-refractivity contribution >= 4 is 33.9 Å². The quantitative estimate of drug-likeness (QED) is 0.443. The topological polar surface area (TPSA) is 71.5 Å². The van der Waals surface area contributed by atoms with Crippen LogP contribution in [-0.4, -0.2) is 27.4 Å². The van der Waals surface area contributed by atoms with Gasteiger partial charge in [-0.2, -0.15) is 0 Å². The third-order valence-corrected chi connectivity index (χ3v) is 3.93. The number of hydrogen-bond donors (Lipinski definition) is 1. The summed E-state index contributed by atoms with van der Waals surface area (Å²) < 4.78 is 1.96. The van der Waals surface area contributed by atoms with Gasteiger partial charge in [-0.3, -0.25) is 0 Å². The molecular formula is C18H20N5O2+. The van der Waals surface area contributed by atoms with E-state index in [1.807, 2.05) is 43.7 Å². The first-order chi connectivity index (χ1) is 12.0. The Balaban J connectivity index is 1.99. The van der Waals surface area contributed by atoms with Crippen molar-refractivity contribution < 1.29 is 9.76 Å². The molecule has 0 unspecified atom stereocenters. The van der Waals surface area contributed by atoms with Crippen molar-refractivity contribution in [1.29, 1.82) is 0 Å². The normalized spacial score (nSPS) is 11.6. The number of imidazole rings is 1. The Morgan fingerprint density at radius 1 is 1.28 bits per heavy atom. The molecule has 1 aromatic heterocycles. The number of anilines is 1. The van der Waals surface area contributed by atoms with Gasteiger partial charge in [0, 0.05) is 13.1 Å². The molecule has 1 heterocycles.